The number of nitrogens with two attached hydrogens (primary N) is 1. The lowest BCUT2D eigenvalue weighted by atomic mass is 9.68. The highest BCUT2D eigenvalue weighted by molar-refractivity contribution is 5.83. The Labute approximate surface area is 103 Å². The van der Waals surface area contributed by atoms with Crippen LogP contribution in [0.5, 0.6) is 0 Å². The molecule has 0 bridgehead atoms. The lowest BCUT2D eigenvalue weighted by Gasteiger charge is -2.39. The zero-order chi connectivity index (χ0) is 12.3. The normalized spacial score (nSPS) is 30.9. The molecule has 4 heteroatoms. The standard InChI is InChI=1S/C13H24N2O2/c14-9-13(5-2-6-13)12(17)15-7-10-3-1-4-11(10)8-16/h10-11,16H,1-9,14H2,(H,15,17). The van der Waals surface area contributed by atoms with Crippen LogP contribution in [-0.4, -0.2) is 30.7 Å². The van der Waals surface area contributed by atoms with E-state index in [9.17, 15) is 9.90 Å². The summed E-state index contributed by atoms with van der Waals surface area (Å²) in [7, 11) is 0. The van der Waals surface area contributed by atoms with Crippen molar-refractivity contribution in [2.75, 3.05) is 19.7 Å². The van der Waals surface area contributed by atoms with Crippen LogP contribution < -0.4 is 11.1 Å². The van der Waals surface area contributed by atoms with Crippen LogP contribution in [0.2, 0.25) is 0 Å². The Morgan fingerprint density at radius 2 is 2.00 bits per heavy atom. The van der Waals surface area contributed by atoms with Crippen molar-refractivity contribution in [2.24, 2.45) is 23.0 Å². The van der Waals surface area contributed by atoms with E-state index in [4.69, 9.17) is 5.73 Å². The summed E-state index contributed by atoms with van der Waals surface area (Å²) in [5.74, 6) is 0.971. The van der Waals surface area contributed by atoms with E-state index in [1.807, 2.05) is 0 Å². The first-order chi connectivity index (χ1) is 8.22. The van der Waals surface area contributed by atoms with Crippen molar-refractivity contribution in [1.82, 2.24) is 5.32 Å². The number of aliphatic hydroxyl groups excluding tert-OH is 1. The summed E-state index contributed by atoms with van der Waals surface area (Å²) in [5, 5.41) is 12.3. The fraction of sp³-hybridized carbons (Fsp3) is 0.923. The van der Waals surface area contributed by atoms with Gasteiger partial charge in [-0.3, -0.25) is 4.79 Å². The third kappa shape index (κ3) is 2.47. The molecule has 2 saturated carbocycles. The molecule has 0 spiro atoms. The molecule has 2 unspecified atom stereocenters. The van der Waals surface area contributed by atoms with E-state index in [2.05, 4.69) is 5.32 Å². The van der Waals surface area contributed by atoms with Gasteiger partial charge in [-0.05, 0) is 37.5 Å². The fourth-order valence-electron chi connectivity index (χ4n) is 3.16. The van der Waals surface area contributed by atoms with Gasteiger partial charge in [0.25, 0.3) is 0 Å². The van der Waals surface area contributed by atoms with Crippen LogP contribution in [0.1, 0.15) is 38.5 Å². The van der Waals surface area contributed by atoms with Gasteiger partial charge in [-0.15, -0.1) is 0 Å². The van der Waals surface area contributed by atoms with Crippen LogP contribution in [0.4, 0.5) is 0 Å². The van der Waals surface area contributed by atoms with Gasteiger partial charge in [0.1, 0.15) is 0 Å². The van der Waals surface area contributed by atoms with Gasteiger partial charge in [-0.2, -0.15) is 0 Å². The van der Waals surface area contributed by atoms with Crippen LogP contribution in [0, 0.1) is 17.3 Å². The van der Waals surface area contributed by atoms with Gasteiger partial charge in [0.05, 0.1) is 5.41 Å². The molecule has 2 fully saturated rings. The van der Waals surface area contributed by atoms with Crippen molar-refractivity contribution in [2.45, 2.75) is 38.5 Å². The molecule has 4 nitrogen and oxygen atoms in total. The van der Waals surface area contributed by atoms with E-state index >= 15 is 0 Å². The summed E-state index contributed by atoms with van der Waals surface area (Å²) >= 11 is 0. The second kappa shape index (κ2) is 5.36. The lowest BCUT2D eigenvalue weighted by molar-refractivity contribution is -0.135. The number of rotatable bonds is 5. The molecule has 0 aromatic carbocycles. The van der Waals surface area contributed by atoms with Gasteiger partial charge in [0.15, 0.2) is 0 Å². The summed E-state index contributed by atoms with van der Waals surface area (Å²) in [6.45, 7) is 1.43. The first kappa shape index (κ1) is 12.8. The number of nitrogens with one attached hydrogen (secondary N) is 1. The first-order valence-corrected chi connectivity index (χ1v) is 6.81. The Balaban J connectivity index is 1.79. The molecule has 2 atom stereocenters. The maximum atomic E-state index is 12.1. The molecule has 17 heavy (non-hydrogen) atoms. The molecule has 2 rings (SSSR count). The Morgan fingerprint density at radius 3 is 2.53 bits per heavy atom. The van der Waals surface area contributed by atoms with Crippen molar-refractivity contribution >= 4 is 5.91 Å². The Bertz CT molecular complexity index is 271. The maximum absolute atomic E-state index is 12.1. The van der Waals surface area contributed by atoms with Crippen LogP contribution >= 0.6 is 0 Å². The Morgan fingerprint density at radius 1 is 1.29 bits per heavy atom. The van der Waals surface area contributed by atoms with Gasteiger partial charge in [0.2, 0.25) is 5.91 Å². The monoisotopic (exact) mass is 240 g/mol. The number of carbonyl (C=O) groups excluding carboxylic acids is 1. The first-order valence-electron chi connectivity index (χ1n) is 6.81. The van der Waals surface area contributed by atoms with Gasteiger partial charge in [-0.25, -0.2) is 0 Å². The molecule has 0 radical (unpaired) electrons. The smallest absolute Gasteiger partial charge is 0.227 e. The lowest BCUT2D eigenvalue weighted by Crippen LogP contribution is -2.51. The van der Waals surface area contributed by atoms with Gasteiger partial charge in [-0.1, -0.05) is 12.8 Å². The van der Waals surface area contributed by atoms with E-state index in [1.165, 1.54) is 6.42 Å². The van der Waals surface area contributed by atoms with Gasteiger partial charge in [0, 0.05) is 19.7 Å². The number of hydrogen-bond acceptors (Lipinski definition) is 3. The van der Waals surface area contributed by atoms with Crippen molar-refractivity contribution in [1.29, 1.82) is 0 Å². The quantitative estimate of drug-likeness (QED) is 0.660. The van der Waals surface area contributed by atoms with Crippen molar-refractivity contribution < 1.29 is 9.90 Å². The maximum Gasteiger partial charge on any atom is 0.227 e. The minimum Gasteiger partial charge on any atom is -0.396 e. The molecular formula is C13H24N2O2. The fourth-order valence-corrected chi connectivity index (χ4v) is 3.16. The van der Waals surface area contributed by atoms with Crippen molar-refractivity contribution in [3.63, 3.8) is 0 Å². The highest BCUT2D eigenvalue weighted by Crippen LogP contribution is 2.40. The number of amides is 1. The zero-order valence-electron chi connectivity index (χ0n) is 10.5. The second-order valence-electron chi connectivity index (χ2n) is 5.68. The molecule has 2 aliphatic carbocycles. The summed E-state index contributed by atoms with van der Waals surface area (Å²) in [4.78, 5) is 12.1. The third-order valence-corrected chi connectivity index (χ3v) is 4.76. The second-order valence-corrected chi connectivity index (χ2v) is 5.68. The Hall–Kier alpha value is -0.610. The molecule has 98 valence electrons. The summed E-state index contributed by atoms with van der Waals surface area (Å²) in [6.07, 6.45) is 6.38. The van der Waals surface area contributed by atoms with Gasteiger partial charge < -0.3 is 16.2 Å². The summed E-state index contributed by atoms with van der Waals surface area (Å²) in [6, 6.07) is 0. The highest BCUT2D eigenvalue weighted by Gasteiger charge is 2.43. The van der Waals surface area contributed by atoms with E-state index in [-0.39, 0.29) is 17.9 Å². The molecular weight excluding hydrogens is 216 g/mol. The molecule has 0 aliphatic heterocycles. The number of hydrogen-bond donors (Lipinski definition) is 3. The van der Waals surface area contributed by atoms with E-state index in [1.54, 1.807) is 0 Å². The zero-order valence-corrected chi connectivity index (χ0v) is 10.5. The van der Waals surface area contributed by atoms with E-state index in [0.717, 1.165) is 32.1 Å². The Kier molecular flexibility index (Phi) is 4.05. The molecule has 4 N–H and O–H groups in total. The highest BCUT2D eigenvalue weighted by atomic mass is 16.3. The number of carbonyl (C=O) groups is 1. The minimum atomic E-state index is -0.271. The van der Waals surface area contributed by atoms with Gasteiger partial charge >= 0.3 is 0 Å². The van der Waals surface area contributed by atoms with Crippen molar-refractivity contribution in [3.05, 3.63) is 0 Å². The third-order valence-electron chi connectivity index (χ3n) is 4.76. The number of aliphatic hydroxyl groups is 1. The molecule has 0 saturated heterocycles. The predicted molar refractivity (Wildman–Crippen MR) is 66.3 cm³/mol. The molecule has 1 amide bonds. The van der Waals surface area contributed by atoms with Crippen LogP contribution in [0.25, 0.3) is 0 Å². The summed E-state index contributed by atoms with van der Waals surface area (Å²) < 4.78 is 0. The molecule has 0 aromatic heterocycles. The van der Waals surface area contributed by atoms with Crippen LogP contribution in [0.3, 0.4) is 0 Å². The largest absolute Gasteiger partial charge is 0.396 e. The van der Waals surface area contributed by atoms with E-state index in [0.29, 0.717) is 24.9 Å². The molecule has 0 heterocycles. The van der Waals surface area contributed by atoms with Crippen LogP contribution in [-0.2, 0) is 4.79 Å². The topological polar surface area (TPSA) is 75.4 Å². The predicted octanol–water partition coefficient (Wildman–Crippen LogP) is 0.640. The van der Waals surface area contributed by atoms with Crippen LogP contribution in [0.15, 0.2) is 0 Å². The SMILES string of the molecule is NCC1(C(=O)NCC2CCCC2CO)CCC1. The molecule has 2 aliphatic rings. The average Bonchev–Trinajstić information content (AvgIpc) is 2.72. The molecule has 0 aromatic rings. The van der Waals surface area contributed by atoms with E-state index < -0.39 is 0 Å². The average molecular weight is 240 g/mol. The minimum absolute atomic E-state index is 0.134. The van der Waals surface area contributed by atoms with Crippen molar-refractivity contribution in [3.8, 4) is 0 Å². The summed E-state index contributed by atoms with van der Waals surface area (Å²) in [5.41, 5.74) is 5.44.